The average molecular weight is 340 g/mol. The number of ether oxygens (including phenoxy) is 4. The number of hydrogen-bond donors (Lipinski definition) is 0. The van der Waals surface area contributed by atoms with Gasteiger partial charge in [0.1, 0.15) is 24.1 Å². The van der Waals surface area contributed by atoms with Crippen LogP contribution in [-0.4, -0.2) is 25.4 Å². The van der Waals surface area contributed by atoms with E-state index in [-0.39, 0.29) is 18.3 Å². The van der Waals surface area contributed by atoms with Crippen LogP contribution in [0.4, 0.5) is 0 Å². The first kappa shape index (κ1) is 17.5. The van der Waals surface area contributed by atoms with Crippen LogP contribution < -0.4 is 4.74 Å². The van der Waals surface area contributed by atoms with Gasteiger partial charge in [-0.25, -0.2) is 0 Å². The lowest BCUT2D eigenvalue weighted by Crippen LogP contribution is -2.42. The Morgan fingerprint density at radius 2 is 1.56 bits per heavy atom. The van der Waals surface area contributed by atoms with Crippen molar-refractivity contribution >= 4 is 0 Å². The van der Waals surface area contributed by atoms with Crippen molar-refractivity contribution in [1.29, 1.82) is 0 Å². The van der Waals surface area contributed by atoms with E-state index in [0.29, 0.717) is 13.2 Å². The molecule has 1 aliphatic heterocycles. The molecule has 0 saturated heterocycles. The highest BCUT2D eigenvalue weighted by molar-refractivity contribution is 5.26. The molecule has 4 heteroatoms. The van der Waals surface area contributed by atoms with Crippen LogP contribution in [0.25, 0.3) is 0 Å². The van der Waals surface area contributed by atoms with Crippen molar-refractivity contribution in [2.24, 2.45) is 0 Å². The zero-order chi connectivity index (χ0) is 17.5. The fourth-order valence-corrected chi connectivity index (χ4v) is 2.76. The number of methoxy groups -OCH3 is 1. The molecule has 2 aromatic rings. The summed E-state index contributed by atoms with van der Waals surface area (Å²) >= 11 is 0. The molecule has 0 aromatic heterocycles. The van der Waals surface area contributed by atoms with Crippen LogP contribution in [0.1, 0.15) is 18.1 Å². The van der Waals surface area contributed by atoms with Crippen LogP contribution in [-0.2, 0) is 27.4 Å². The Morgan fingerprint density at radius 3 is 2.28 bits per heavy atom. The maximum absolute atomic E-state index is 6.11. The van der Waals surface area contributed by atoms with E-state index in [2.05, 4.69) is 12.1 Å². The smallest absolute Gasteiger partial charge is 0.124 e. The highest BCUT2D eigenvalue weighted by Gasteiger charge is 2.31. The molecule has 25 heavy (non-hydrogen) atoms. The van der Waals surface area contributed by atoms with Gasteiger partial charge >= 0.3 is 0 Å². The van der Waals surface area contributed by atoms with Crippen LogP contribution in [0.3, 0.4) is 0 Å². The van der Waals surface area contributed by atoms with Gasteiger partial charge in [-0.3, -0.25) is 0 Å². The molecule has 0 aliphatic carbocycles. The summed E-state index contributed by atoms with van der Waals surface area (Å²) in [4.78, 5) is 0. The van der Waals surface area contributed by atoms with Crippen molar-refractivity contribution in [3.05, 3.63) is 78.1 Å². The minimum atomic E-state index is -0.157. The molecular weight excluding hydrogens is 316 g/mol. The molecule has 1 aliphatic rings. The Hall–Kier alpha value is -2.30. The van der Waals surface area contributed by atoms with Gasteiger partial charge in [0.15, 0.2) is 0 Å². The topological polar surface area (TPSA) is 36.9 Å². The van der Waals surface area contributed by atoms with E-state index in [0.717, 1.165) is 16.9 Å². The lowest BCUT2D eigenvalue weighted by Gasteiger charge is -2.32. The largest absolute Gasteiger partial charge is 0.497 e. The third-order valence-corrected chi connectivity index (χ3v) is 4.23. The monoisotopic (exact) mass is 340 g/mol. The van der Waals surface area contributed by atoms with Crippen molar-refractivity contribution in [1.82, 2.24) is 0 Å². The first-order valence-electron chi connectivity index (χ1n) is 8.48. The molecule has 0 fully saturated rings. The van der Waals surface area contributed by atoms with Crippen molar-refractivity contribution in [3.63, 3.8) is 0 Å². The summed E-state index contributed by atoms with van der Waals surface area (Å²) in [5.74, 6) is 0.838. The van der Waals surface area contributed by atoms with E-state index in [1.165, 1.54) is 0 Å². The van der Waals surface area contributed by atoms with Crippen LogP contribution >= 0.6 is 0 Å². The highest BCUT2D eigenvalue weighted by Crippen LogP contribution is 2.22. The number of hydrogen-bond acceptors (Lipinski definition) is 4. The van der Waals surface area contributed by atoms with E-state index < -0.39 is 0 Å². The van der Waals surface area contributed by atoms with Gasteiger partial charge in [-0.1, -0.05) is 42.5 Å². The summed E-state index contributed by atoms with van der Waals surface area (Å²) in [6, 6.07) is 18.0. The second kappa shape index (κ2) is 8.70. The SMILES string of the molecule is COc1ccc(COC2C(C)OC=CC2OCc2ccccc2)cc1. The fourth-order valence-electron chi connectivity index (χ4n) is 2.76. The molecule has 0 bridgehead atoms. The van der Waals surface area contributed by atoms with E-state index >= 15 is 0 Å². The number of rotatable bonds is 7. The van der Waals surface area contributed by atoms with E-state index in [1.54, 1.807) is 13.4 Å². The predicted molar refractivity (Wildman–Crippen MR) is 96.3 cm³/mol. The van der Waals surface area contributed by atoms with Gasteiger partial charge in [0.2, 0.25) is 0 Å². The van der Waals surface area contributed by atoms with Crippen LogP contribution in [0.2, 0.25) is 0 Å². The minimum absolute atomic E-state index is 0.0657. The molecule has 0 amide bonds. The van der Waals surface area contributed by atoms with Crippen molar-refractivity contribution in [2.45, 2.75) is 38.4 Å². The van der Waals surface area contributed by atoms with Crippen LogP contribution in [0.15, 0.2) is 66.9 Å². The molecule has 3 unspecified atom stereocenters. The summed E-state index contributed by atoms with van der Waals surface area (Å²) in [6.07, 6.45) is 3.26. The quantitative estimate of drug-likeness (QED) is 0.760. The molecule has 0 N–H and O–H groups in total. The third-order valence-electron chi connectivity index (χ3n) is 4.23. The molecule has 3 rings (SSSR count). The lowest BCUT2D eigenvalue weighted by atomic mass is 10.1. The second-order valence-electron chi connectivity index (χ2n) is 6.05. The lowest BCUT2D eigenvalue weighted by molar-refractivity contribution is -0.125. The third kappa shape index (κ3) is 4.84. The Balaban J connectivity index is 1.59. The van der Waals surface area contributed by atoms with Crippen molar-refractivity contribution < 1.29 is 18.9 Å². The summed E-state index contributed by atoms with van der Waals surface area (Å²) in [5.41, 5.74) is 2.23. The average Bonchev–Trinajstić information content (AvgIpc) is 2.67. The van der Waals surface area contributed by atoms with E-state index in [9.17, 15) is 0 Å². The zero-order valence-corrected chi connectivity index (χ0v) is 14.6. The normalized spacial score (nSPS) is 22.4. The second-order valence-corrected chi connectivity index (χ2v) is 6.05. The van der Waals surface area contributed by atoms with E-state index in [4.69, 9.17) is 18.9 Å². The maximum Gasteiger partial charge on any atom is 0.124 e. The standard InChI is InChI=1S/C21H24O4/c1-16-21(25-15-18-8-10-19(22-2)11-9-18)20(12-13-23-16)24-14-17-6-4-3-5-7-17/h3-13,16,20-21H,14-15H2,1-2H3. The summed E-state index contributed by atoms with van der Waals surface area (Å²) < 4.78 is 23.0. The van der Waals surface area contributed by atoms with E-state index in [1.807, 2.05) is 55.5 Å². The summed E-state index contributed by atoms with van der Waals surface area (Å²) in [5, 5.41) is 0. The first-order chi connectivity index (χ1) is 12.3. The Morgan fingerprint density at radius 1 is 0.880 bits per heavy atom. The van der Waals surface area contributed by atoms with Crippen LogP contribution in [0.5, 0.6) is 5.75 Å². The molecule has 0 saturated carbocycles. The summed E-state index contributed by atoms with van der Waals surface area (Å²) in [7, 11) is 1.66. The van der Waals surface area contributed by atoms with Gasteiger partial charge in [-0.15, -0.1) is 0 Å². The molecule has 3 atom stereocenters. The van der Waals surface area contributed by atoms with Crippen molar-refractivity contribution in [2.75, 3.05) is 7.11 Å². The maximum atomic E-state index is 6.11. The molecule has 0 spiro atoms. The molecule has 132 valence electrons. The predicted octanol–water partition coefficient (Wildman–Crippen LogP) is 4.10. The zero-order valence-electron chi connectivity index (χ0n) is 14.6. The summed E-state index contributed by atoms with van der Waals surface area (Å²) in [6.45, 7) is 3.05. The molecule has 0 radical (unpaired) electrons. The van der Waals surface area contributed by atoms with Gasteiger partial charge in [-0.2, -0.15) is 0 Å². The molecule has 1 heterocycles. The molecular formula is C21H24O4. The van der Waals surface area contributed by atoms with Crippen molar-refractivity contribution in [3.8, 4) is 5.75 Å². The highest BCUT2D eigenvalue weighted by atomic mass is 16.6. The number of benzene rings is 2. The van der Waals surface area contributed by atoms with Gasteiger partial charge in [0.25, 0.3) is 0 Å². The Kier molecular flexibility index (Phi) is 6.09. The Bertz CT molecular complexity index is 666. The van der Waals surface area contributed by atoms with Gasteiger partial charge < -0.3 is 18.9 Å². The fraction of sp³-hybridized carbons (Fsp3) is 0.333. The first-order valence-corrected chi connectivity index (χ1v) is 8.48. The van der Waals surface area contributed by atoms with Gasteiger partial charge in [0.05, 0.1) is 26.6 Å². The Labute approximate surface area is 149 Å². The molecule has 4 nitrogen and oxygen atoms in total. The molecule has 2 aromatic carbocycles. The van der Waals surface area contributed by atoms with Gasteiger partial charge in [-0.05, 0) is 36.3 Å². The van der Waals surface area contributed by atoms with Gasteiger partial charge in [0, 0.05) is 0 Å². The van der Waals surface area contributed by atoms with Crippen LogP contribution in [0, 0.1) is 0 Å². The minimum Gasteiger partial charge on any atom is -0.497 e.